The molecule has 3 aromatic rings. The Morgan fingerprint density at radius 1 is 0.893 bits per heavy atom. The predicted octanol–water partition coefficient (Wildman–Crippen LogP) is 5.60. The van der Waals surface area contributed by atoms with Gasteiger partial charge in [0, 0.05) is 6.42 Å². The normalized spacial score (nSPS) is 12.8. The van der Waals surface area contributed by atoms with E-state index in [0.29, 0.717) is 18.7 Å². The first kappa shape index (κ1) is 20.0. The van der Waals surface area contributed by atoms with Crippen LogP contribution in [0, 0.1) is 0 Å². The Morgan fingerprint density at radius 2 is 1.54 bits per heavy atom. The van der Waals surface area contributed by atoms with Crippen LogP contribution >= 0.6 is 0 Å². The highest BCUT2D eigenvalue weighted by atomic mass is 19.4. The predicted molar refractivity (Wildman–Crippen MR) is 104 cm³/mol. The van der Waals surface area contributed by atoms with E-state index in [2.05, 4.69) is 5.32 Å². The highest BCUT2D eigenvalue weighted by molar-refractivity contribution is 5.84. The van der Waals surface area contributed by atoms with Gasteiger partial charge in [-0.25, -0.2) is 0 Å². The maximum atomic E-state index is 12.8. The molecular formula is C22H22F3NO2. The van der Waals surface area contributed by atoms with E-state index in [4.69, 9.17) is 9.47 Å². The molecule has 0 aliphatic carbocycles. The smallest absolute Gasteiger partial charge is 0.416 e. The van der Waals surface area contributed by atoms with E-state index in [1.807, 2.05) is 43.4 Å². The van der Waals surface area contributed by atoms with Crippen LogP contribution in [0.2, 0.25) is 0 Å². The van der Waals surface area contributed by atoms with Crippen molar-refractivity contribution >= 4 is 10.8 Å². The summed E-state index contributed by atoms with van der Waals surface area (Å²) in [7, 11) is 3.48. The van der Waals surface area contributed by atoms with Crippen molar-refractivity contribution in [2.24, 2.45) is 0 Å². The Kier molecular flexibility index (Phi) is 6.09. The first-order valence-corrected chi connectivity index (χ1v) is 8.97. The van der Waals surface area contributed by atoms with E-state index >= 15 is 0 Å². The van der Waals surface area contributed by atoms with Gasteiger partial charge in [-0.2, -0.15) is 13.2 Å². The third-order valence-corrected chi connectivity index (χ3v) is 4.56. The number of nitrogens with one attached hydrogen (secondary N) is 1. The van der Waals surface area contributed by atoms with Gasteiger partial charge in [-0.1, -0.05) is 18.2 Å². The number of fused-ring (bicyclic) bond motifs is 1. The van der Waals surface area contributed by atoms with Gasteiger partial charge in [-0.05, 0) is 72.4 Å². The number of alkyl halides is 3. The molecule has 1 atom stereocenters. The van der Waals surface area contributed by atoms with Gasteiger partial charge < -0.3 is 14.8 Å². The number of rotatable bonds is 7. The van der Waals surface area contributed by atoms with Crippen LogP contribution in [0.4, 0.5) is 13.2 Å². The number of methoxy groups -OCH3 is 1. The summed E-state index contributed by atoms with van der Waals surface area (Å²) >= 11 is 0. The minimum atomic E-state index is -4.36. The fourth-order valence-electron chi connectivity index (χ4n) is 3.03. The molecule has 0 amide bonds. The van der Waals surface area contributed by atoms with Crippen molar-refractivity contribution in [3.63, 3.8) is 0 Å². The number of hydrogen-bond donors (Lipinski definition) is 1. The fraction of sp³-hybridized carbons (Fsp3) is 0.273. The van der Waals surface area contributed by atoms with E-state index in [9.17, 15) is 13.2 Å². The van der Waals surface area contributed by atoms with Gasteiger partial charge in [-0.15, -0.1) is 0 Å². The molecule has 148 valence electrons. The summed E-state index contributed by atoms with van der Waals surface area (Å²) in [5, 5.41) is 5.18. The zero-order valence-corrected chi connectivity index (χ0v) is 15.7. The third kappa shape index (κ3) is 4.75. The molecule has 1 N–H and O–H groups in total. The van der Waals surface area contributed by atoms with Crippen molar-refractivity contribution in [3.05, 3.63) is 71.8 Å². The molecule has 0 aliphatic rings. The average molecular weight is 389 g/mol. The molecular weight excluding hydrogens is 367 g/mol. The molecule has 28 heavy (non-hydrogen) atoms. The van der Waals surface area contributed by atoms with Crippen molar-refractivity contribution in [1.29, 1.82) is 0 Å². The highest BCUT2D eigenvalue weighted by Crippen LogP contribution is 2.32. The summed E-state index contributed by atoms with van der Waals surface area (Å²) in [6.45, 7) is 0.714. The minimum Gasteiger partial charge on any atom is -0.497 e. The lowest BCUT2D eigenvalue weighted by Gasteiger charge is -2.20. The van der Waals surface area contributed by atoms with Crippen molar-refractivity contribution in [1.82, 2.24) is 5.32 Å². The standard InChI is InChI=1S/C22H22F3NO2/c1-26-12-11-21(28-19-9-6-18(7-10-19)22(23,24)25)17-4-3-16-14-20(27-2)8-5-15(16)13-17/h3-10,13-14,21,26H,11-12H2,1-2H3. The molecule has 3 nitrogen and oxygen atoms in total. The molecule has 0 aliphatic heterocycles. The van der Waals surface area contributed by atoms with Gasteiger partial charge in [0.05, 0.1) is 12.7 Å². The van der Waals surface area contributed by atoms with Crippen LogP contribution in [0.5, 0.6) is 11.5 Å². The summed E-state index contributed by atoms with van der Waals surface area (Å²) < 4.78 is 49.6. The van der Waals surface area contributed by atoms with Gasteiger partial charge in [0.15, 0.2) is 0 Å². The molecule has 0 saturated heterocycles. The second-order valence-corrected chi connectivity index (χ2v) is 6.49. The minimum absolute atomic E-state index is 0.282. The molecule has 1 unspecified atom stereocenters. The summed E-state index contributed by atoms with van der Waals surface area (Å²) in [5.74, 6) is 1.19. The van der Waals surface area contributed by atoms with Gasteiger partial charge in [0.25, 0.3) is 0 Å². The zero-order valence-electron chi connectivity index (χ0n) is 15.7. The Morgan fingerprint density at radius 3 is 2.18 bits per heavy atom. The molecule has 0 saturated carbocycles. The van der Waals surface area contributed by atoms with Crippen molar-refractivity contribution in [3.8, 4) is 11.5 Å². The summed E-state index contributed by atoms with van der Waals surface area (Å²) in [6.07, 6.45) is -3.96. The number of hydrogen-bond acceptors (Lipinski definition) is 3. The Bertz CT molecular complexity index is 923. The van der Waals surface area contributed by atoms with Crippen LogP contribution in [-0.4, -0.2) is 20.7 Å². The maximum absolute atomic E-state index is 12.8. The fourth-order valence-corrected chi connectivity index (χ4v) is 3.03. The monoisotopic (exact) mass is 389 g/mol. The Labute approximate surface area is 162 Å². The van der Waals surface area contributed by atoms with E-state index < -0.39 is 11.7 Å². The molecule has 0 radical (unpaired) electrons. The van der Waals surface area contributed by atoms with Crippen LogP contribution in [0.15, 0.2) is 60.7 Å². The van der Waals surface area contributed by atoms with Crippen molar-refractivity contribution in [2.75, 3.05) is 20.7 Å². The first-order chi connectivity index (χ1) is 13.4. The van der Waals surface area contributed by atoms with Crippen LogP contribution < -0.4 is 14.8 Å². The van der Waals surface area contributed by atoms with E-state index in [1.54, 1.807) is 7.11 Å². The van der Waals surface area contributed by atoms with Crippen LogP contribution in [0.25, 0.3) is 10.8 Å². The highest BCUT2D eigenvalue weighted by Gasteiger charge is 2.30. The van der Waals surface area contributed by atoms with Crippen LogP contribution in [0.1, 0.15) is 23.7 Å². The van der Waals surface area contributed by atoms with Crippen LogP contribution in [-0.2, 0) is 6.18 Å². The van der Waals surface area contributed by atoms with Crippen molar-refractivity contribution in [2.45, 2.75) is 18.7 Å². The lowest BCUT2D eigenvalue weighted by Crippen LogP contribution is -2.16. The summed E-state index contributed by atoms with van der Waals surface area (Å²) in [4.78, 5) is 0. The quantitative estimate of drug-likeness (QED) is 0.571. The van der Waals surface area contributed by atoms with Gasteiger partial charge >= 0.3 is 6.18 Å². The van der Waals surface area contributed by atoms with E-state index in [-0.39, 0.29) is 6.10 Å². The summed E-state index contributed by atoms with van der Waals surface area (Å²) in [6, 6.07) is 16.6. The SMILES string of the molecule is CNCCC(Oc1ccc(C(F)(F)F)cc1)c1ccc2cc(OC)ccc2c1. The second kappa shape index (κ2) is 8.52. The Hall–Kier alpha value is -2.73. The number of ether oxygens (including phenoxy) is 2. The third-order valence-electron chi connectivity index (χ3n) is 4.56. The zero-order chi connectivity index (χ0) is 20.1. The maximum Gasteiger partial charge on any atom is 0.416 e. The largest absolute Gasteiger partial charge is 0.497 e. The molecule has 3 rings (SSSR count). The Balaban J connectivity index is 1.86. The molecule has 0 spiro atoms. The number of benzene rings is 3. The number of halogens is 3. The molecule has 3 aromatic carbocycles. The lowest BCUT2D eigenvalue weighted by atomic mass is 10.0. The average Bonchev–Trinajstić information content (AvgIpc) is 2.70. The topological polar surface area (TPSA) is 30.5 Å². The van der Waals surface area contributed by atoms with Gasteiger partial charge in [0.2, 0.25) is 0 Å². The van der Waals surface area contributed by atoms with Crippen molar-refractivity contribution < 1.29 is 22.6 Å². The molecule has 6 heteroatoms. The van der Waals surface area contributed by atoms with Gasteiger partial charge in [0.1, 0.15) is 17.6 Å². The molecule has 0 aromatic heterocycles. The second-order valence-electron chi connectivity index (χ2n) is 6.49. The summed E-state index contributed by atoms with van der Waals surface area (Å²) in [5.41, 5.74) is 0.277. The molecule has 0 bridgehead atoms. The molecule has 0 fully saturated rings. The van der Waals surface area contributed by atoms with E-state index in [1.165, 1.54) is 12.1 Å². The van der Waals surface area contributed by atoms with Gasteiger partial charge in [-0.3, -0.25) is 0 Å². The van der Waals surface area contributed by atoms with Crippen LogP contribution in [0.3, 0.4) is 0 Å². The van der Waals surface area contributed by atoms with E-state index in [0.717, 1.165) is 34.2 Å². The molecule has 0 heterocycles. The lowest BCUT2D eigenvalue weighted by molar-refractivity contribution is -0.137. The first-order valence-electron chi connectivity index (χ1n) is 8.97.